The fourth-order valence-corrected chi connectivity index (χ4v) is 16.0. The summed E-state index contributed by atoms with van der Waals surface area (Å²) in [5.41, 5.74) is 10.2. The highest BCUT2D eigenvalue weighted by Crippen LogP contribution is 2.36. The Balaban J connectivity index is 0.000000134. The summed E-state index contributed by atoms with van der Waals surface area (Å²) in [4.78, 5) is 72.9. The van der Waals surface area contributed by atoms with Crippen molar-refractivity contribution in [2.75, 3.05) is 0 Å². The van der Waals surface area contributed by atoms with Gasteiger partial charge < -0.3 is 57.1 Å². The van der Waals surface area contributed by atoms with Crippen molar-refractivity contribution in [3.63, 3.8) is 0 Å². The van der Waals surface area contributed by atoms with E-state index in [1.165, 1.54) is 90.8 Å². The van der Waals surface area contributed by atoms with Crippen molar-refractivity contribution in [3.05, 3.63) is 387 Å². The van der Waals surface area contributed by atoms with Crippen LogP contribution in [0.3, 0.4) is 0 Å². The van der Waals surface area contributed by atoms with Crippen molar-refractivity contribution in [1.82, 2.24) is 0 Å². The molecule has 0 spiro atoms. The van der Waals surface area contributed by atoms with Gasteiger partial charge in [0.25, 0.3) is 0 Å². The molecule has 0 unspecified atom stereocenters. The van der Waals surface area contributed by atoms with Gasteiger partial charge in [-0.05, 0) is 232 Å². The van der Waals surface area contributed by atoms with E-state index in [1.807, 2.05) is 158 Å². The fourth-order valence-electron chi connectivity index (χ4n) is 16.0. The van der Waals surface area contributed by atoms with E-state index in [0.29, 0.717) is 72.8 Å². The monoisotopic (exact) mass is 1750 g/mol. The molecule has 0 aliphatic heterocycles. The minimum atomic E-state index is -0.433. The number of aryl methyl sites for hydroxylation is 5. The van der Waals surface area contributed by atoms with E-state index in [2.05, 4.69) is 72.7 Å². The van der Waals surface area contributed by atoms with Crippen molar-refractivity contribution < 1.29 is 57.1 Å². The first-order valence-corrected chi connectivity index (χ1v) is 44.6. The maximum Gasteiger partial charge on any atom is 0.344 e. The van der Waals surface area contributed by atoms with E-state index in [1.54, 1.807) is 72.8 Å². The third-order valence-electron chi connectivity index (χ3n) is 22.8. The van der Waals surface area contributed by atoms with Crippen LogP contribution in [0.5, 0.6) is 34.5 Å². The van der Waals surface area contributed by atoms with Gasteiger partial charge in [0.2, 0.25) is 0 Å². The molecule has 18 rings (SSSR count). The van der Waals surface area contributed by atoms with Gasteiger partial charge in [-0.2, -0.15) is 0 Å². The predicted molar refractivity (Wildman–Crippen MR) is 525 cm³/mol. The van der Waals surface area contributed by atoms with Gasteiger partial charge in [-0.3, -0.25) is 0 Å². The van der Waals surface area contributed by atoms with Crippen LogP contribution in [0.4, 0.5) is 0 Å². The zero-order valence-electron chi connectivity index (χ0n) is 74.5. The molecule has 18 nitrogen and oxygen atoms in total. The van der Waals surface area contributed by atoms with Crippen molar-refractivity contribution in [2.45, 2.75) is 151 Å². The Morgan fingerprint density at radius 3 is 0.710 bits per heavy atom. The third kappa shape index (κ3) is 23.6. The Morgan fingerprint density at radius 2 is 0.443 bits per heavy atom. The van der Waals surface area contributed by atoms with Crippen molar-refractivity contribution in [2.24, 2.45) is 0 Å². The lowest BCUT2D eigenvalue weighted by atomic mass is 9.95. The molecule has 0 saturated carbocycles. The van der Waals surface area contributed by atoms with Gasteiger partial charge in [-0.1, -0.05) is 275 Å². The molecule has 6 aromatic heterocycles. The number of aromatic hydroxyl groups is 6. The third-order valence-corrected chi connectivity index (χ3v) is 22.8. The van der Waals surface area contributed by atoms with Gasteiger partial charge >= 0.3 is 33.8 Å². The molecule has 0 fully saturated rings. The van der Waals surface area contributed by atoms with Crippen LogP contribution in [0.1, 0.15) is 152 Å². The second kappa shape index (κ2) is 44.4. The van der Waals surface area contributed by atoms with Gasteiger partial charge in [0.05, 0.1) is 32.3 Å². The number of phenolic OH excluding ortho intramolecular Hbond substituents is 6. The first-order chi connectivity index (χ1) is 63.5. The summed E-state index contributed by atoms with van der Waals surface area (Å²) < 4.78 is 32.8. The van der Waals surface area contributed by atoms with E-state index in [0.717, 1.165) is 141 Å². The Hall–Kier alpha value is -15.3. The molecule has 6 heterocycles. The van der Waals surface area contributed by atoms with Crippen molar-refractivity contribution in [3.8, 4) is 102 Å². The fraction of sp³-hybridized carbons (Fsp3) is 0.204. The summed E-state index contributed by atoms with van der Waals surface area (Å²) in [6.45, 7) is 14.9. The Labute approximate surface area is 757 Å². The first kappa shape index (κ1) is 93.3. The lowest BCUT2D eigenvalue weighted by molar-refractivity contribution is 0.475. The second-order valence-corrected chi connectivity index (χ2v) is 32.5. The quantitative estimate of drug-likeness (QED) is 0.0344. The standard InChI is InChI=1S/C21H22O3.C20H20O3.C19H18O3.2C18H16O3.C17H14O3/c1-2-3-4-5-8-15-9-6-7-10-18(15)20-13-16-11-12-17(22)14-19(16)21(23)24-20;1-2-3-4-7-14-8-5-6-9-17(14)19-12-15-10-11-16(21)13-18(15)20(22)23-19;1-2-3-6-13-7-4-5-8-16(13)18-11-14-9-10-15(20)12-17(14)19(21)22-18;1-11(2)14-5-3-4-6-15(14)17-9-12-7-8-13(19)10-16(12)18(20)21-17;1-2-5-12-6-3-4-7-15(12)17-10-13-8-9-14(19)11-16(13)18(20)21-17;1-2-11-5-3-4-6-14(11)16-9-12-7-8-13(18)10-15(12)17(19)20-16/h6-7,9-14,22H,2-5,8H2,1H3;5-6,8-13,21H,2-4,7H2,1H3;4-5,7-12,20H,2-3,6H2,1H3;3-11,19H,1-2H3;3-4,6-11,19H,2,5H2,1H3;3-10,18H,2H2,1H3. The van der Waals surface area contributed by atoms with E-state index in [9.17, 15) is 59.4 Å². The molecule has 0 atom stereocenters. The summed E-state index contributed by atoms with van der Waals surface area (Å²) in [5, 5.41) is 64.0. The molecular formula is C113H106O18. The van der Waals surface area contributed by atoms with Crippen LogP contribution in [-0.4, -0.2) is 30.6 Å². The summed E-state index contributed by atoms with van der Waals surface area (Å²) in [7, 11) is 0. The van der Waals surface area contributed by atoms with E-state index in [-0.39, 0.29) is 34.5 Å². The SMILES string of the molecule is CC(C)c1ccccc1-c1cc2ccc(O)cc2c(=O)o1.CCCCCCc1ccccc1-c1cc2ccc(O)cc2c(=O)o1.CCCCCc1ccccc1-c1cc2ccc(O)cc2c(=O)o1.CCCCc1ccccc1-c1cc2ccc(O)cc2c(=O)o1.CCCc1ccccc1-c1cc2ccc(O)cc2c(=O)o1.CCc1ccccc1-c1cc2ccc(O)cc2c(=O)o1. The number of hydrogen-bond acceptors (Lipinski definition) is 18. The number of benzene rings is 12. The Kier molecular flexibility index (Phi) is 31.7. The number of fused-ring (bicyclic) bond motifs is 6. The lowest BCUT2D eigenvalue weighted by Crippen LogP contribution is -2.01. The van der Waals surface area contributed by atoms with Crippen LogP contribution < -0.4 is 33.8 Å². The van der Waals surface area contributed by atoms with E-state index < -0.39 is 33.8 Å². The van der Waals surface area contributed by atoms with Crippen LogP contribution in [0.2, 0.25) is 0 Å². The normalized spacial score (nSPS) is 11.0. The molecule has 0 saturated heterocycles. The molecule has 0 aliphatic carbocycles. The minimum Gasteiger partial charge on any atom is -0.508 e. The zero-order valence-corrected chi connectivity index (χ0v) is 74.5. The number of rotatable bonds is 22. The smallest absolute Gasteiger partial charge is 0.344 e. The summed E-state index contributed by atoms with van der Waals surface area (Å²) in [6, 6.07) is 87.5. The summed E-state index contributed by atoms with van der Waals surface area (Å²) in [6.07, 6.45) is 16.3. The van der Waals surface area contributed by atoms with E-state index in [4.69, 9.17) is 26.5 Å². The Morgan fingerprint density at radius 1 is 0.221 bits per heavy atom. The van der Waals surface area contributed by atoms with Crippen LogP contribution in [0.25, 0.3) is 133 Å². The maximum atomic E-state index is 12.3. The lowest BCUT2D eigenvalue weighted by Gasteiger charge is -2.12. The molecule has 18 heteroatoms. The molecule has 18 aromatic rings. The molecule has 0 bridgehead atoms. The van der Waals surface area contributed by atoms with Gasteiger partial charge in [0.15, 0.2) is 0 Å². The number of phenols is 6. The van der Waals surface area contributed by atoms with Gasteiger partial charge in [-0.25, -0.2) is 28.8 Å². The van der Waals surface area contributed by atoms with Gasteiger partial charge in [0.1, 0.15) is 69.1 Å². The van der Waals surface area contributed by atoms with Crippen LogP contribution in [0.15, 0.2) is 346 Å². The average molecular weight is 1750 g/mol. The molecule has 666 valence electrons. The van der Waals surface area contributed by atoms with Crippen molar-refractivity contribution in [1.29, 1.82) is 0 Å². The van der Waals surface area contributed by atoms with Gasteiger partial charge in [0, 0.05) is 33.4 Å². The highest BCUT2D eigenvalue weighted by Gasteiger charge is 2.19. The topological polar surface area (TPSA) is 303 Å². The second-order valence-electron chi connectivity index (χ2n) is 32.5. The number of unbranched alkanes of at least 4 members (excludes halogenated alkanes) is 6. The first-order valence-electron chi connectivity index (χ1n) is 44.6. The summed E-state index contributed by atoms with van der Waals surface area (Å²) >= 11 is 0. The maximum absolute atomic E-state index is 12.3. The van der Waals surface area contributed by atoms with Crippen LogP contribution >= 0.6 is 0 Å². The average Bonchev–Trinajstić information content (AvgIpc) is 0.819. The minimum absolute atomic E-state index is 0.0603. The molecule has 0 aliphatic rings. The number of hydrogen-bond donors (Lipinski definition) is 6. The molecular weight excluding hydrogens is 1650 g/mol. The van der Waals surface area contributed by atoms with Crippen LogP contribution in [-0.2, 0) is 32.1 Å². The molecule has 6 N–H and O–H groups in total. The molecule has 12 aromatic carbocycles. The Bertz CT molecular complexity index is 7450. The zero-order chi connectivity index (χ0) is 92.6. The van der Waals surface area contributed by atoms with Gasteiger partial charge in [-0.15, -0.1) is 0 Å². The molecule has 0 amide bonds. The highest BCUT2D eigenvalue weighted by atomic mass is 16.4. The molecule has 0 radical (unpaired) electrons. The largest absolute Gasteiger partial charge is 0.508 e. The highest BCUT2D eigenvalue weighted by molar-refractivity contribution is 5.91. The van der Waals surface area contributed by atoms with Crippen LogP contribution in [0, 0.1) is 0 Å². The molecule has 131 heavy (non-hydrogen) atoms. The summed E-state index contributed by atoms with van der Waals surface area (Å²) in [5.74, 6) is 4.16. The van der Waals surface area contributed by atoms with Crippen molar-refractivity contribution >= 4 is 64.6 Å². The predicted octanol–water partition coefficient (Wildman–Crippen LogP) is 26.8. The van der Waals surface area contributed by atoms with E-state index >= 15 is 0 Å².